The van der Waals surface area contributed by atoms with Crippen LogP contribution in [0.5, 0.6) is 0 Å². The molecular weight excluding hydrogens is 228 g/mol. The molecule has 3 N–H and O–H groups in total. The molecule has 0 fully saturated rings. The molecule has 2 aromatic heterocycles. The van der Waals surface area contributed by atoms with Gasteiger partial charge in [0.2, 0.25) is 5.95 Å². The molecular formula is C12H8N6. The molecule has 6 heteroatoms. The minimum atomic E-state index is 0.148. The van der Waals surface area contributed by atoms with Crippen LogP contribution in [0.1, 0.15) is 5.56 Å². The van der Waals surface area contributed by atoms with Crippen LogP contribution in [0.2, 0.25) is 0 Å². The molecule has 6 nitrogen and oxygen atoms in total. The zero-order valence-corrected chi connectivity index (χ0v) is 9.25. The topological polar surface area (TPSA) is 104 Å². The average molecular weight is 236 g/mol. The summed E-state index contributed by atoms with van der Waals surface area (Å²) in [6.07, 6.45) is 1.62. The molecule has 0 aliphatic heterocycles. The Labute approximate surface area is 102 Å². The quantitative estimate of drug-likeness (QED) is 0.665. The highest BCUT2D eigenvalue weighted by atomic mass is 15.2. The van der Waals surface area contributed by atoms with E-state index in [2.05, 4.69) is 26.2 Å². The number of nitriles is 1. The highest BCUT2D eigenvalue weighted by Gasteiger charge is 2.12. The molecule has 0 bridgehead atoms. The van der Waals surface area contributed by atoms with Gasteiger partial charge >= 0.3 is 0 Å². The van der Waals surface area contributed by atoms with Crippen molar-refractivity contribution in [1.29, 1.82) is 5.26 Å². The third-order valence-corrected chi connectivity index (χ3v) is 2.63. The number of anilines is 1. The summed E-state index contributed by atoms with van der Waals surface area (Å²) in [5.74, 6) is 0.148. The van der Waals surface area contributed by atoms with Crippen LogP contribution in [-0.2, 0) is 0 Å². The summed E-state index contributed by atoms with van der Waals surface area (Å²) in [6.45, 7) is 0. The molecule has 0 unspecified atom stereocenters. The zero-order valence-electron chi connectivity index (χ0n) is 9.25. The number of H-pyrrole nitrogens is 1. The van der Waals surface area contributed by atoms with E-state index in [1.807, 2.05) is 12.1 Å². The van der Waals surface area contributed by atoms with Crippen molar-refractivity contribution in [2.75, 3.05) is 5.73 Å². The molecule has 0 amide bonds. The fraction of sp³-hybridized carbons (Fsp3) is 0. The molecule has 0 saturated heterocycles. The van der Waals surface area contributed by atoms with E-state index in [0.29, 0.717) is 16.9 Å². The minimum Gasteiger partial charge on any atom is -0.368 e. The Morgan fingerprint density at radius 1 is 1.22 bits per heavy atom. The number of nitrogens with two attached hydrogens (primary N) is 1. The van der Waals surface area contributed by atoms with Crippen LogP contribution in [0.3, 0.4) is 0 Å². The first-order chi connectivity index (χ1) is 8.79. The van der Waals surface area contributed by atoms with E-state index in [1.54, 1.807) is 18.3 Å². The van der Waals surface area contributed by atoms with Gasteiger partial charge in [0.05, 0.1) is 28.9 Å². The van der Waals surface area contributed by atoms with Gasteiger partial charge in [0.15, 0.2) is 5.65 Å². The second kappa shape index (κ2) is 3.82. The minimum absolute atomic E-state index is 0.148. The lowest BCUT2D eigenvalue weighted by atomic mass is 10.0. The number of fused-ring (bicyclic) bond motifs is 1. The number of benzene rings is 1. The fourth-order valence-corrected chi connectivity index (χ4v) is 1.84. The highest BCUT2D eigenvalue weighted by molar-refractivity contribution is 5.92. The molecule has 0 spiro atoms. The predicted molar refractivity (Wildman–Crippen MR) is 66.2 cm³/mol. The van der Waals surface area contributed by atoms with Gasteiger partial charge in [0.1, 0.15) is 0 Å². The van der Waals surface area contributed by atoms with Crippen molar-refractivity contribution in [2.45, 2.75) is 0 Å². The van der Waals surface area contributed by atoms with E-state index in [-0.39, 0.29) is 5.95 Å². The maximum absolute atomic E-state index is 9.12. The number of hydrogen-bond acceptors (Lipinski definition) is 5. The first kappa shape index (κ1) is 10.2. The van der Waals surface area contributed by atoms with E-state index in [4.69, 9.17) is 11.0 Å². The lowest BCUT2D eigenvalue weighted by Gasteiger charge is -2.04. The van der Waals surface area contributed by atoms with E-state index >= 15 is 0 Å². The summed E-state index contributed by atoms with van der Waals surface area (Å²) in [5, 5.41) is 16.5. The van der Waals surface area contributed by atoms with E-state index in [9.17, 15) is 0 Å². The van der Waals surface area contributed by atoms with Gasteiger partial charge in [-0.1, -0.05) is 18.2 Å². The molecule has 0 radical (unpaired) electrons. The van der Waals surface area contributed by atoms with Crippen LogP contribution >= 0.6 is 0 Å². The summed E-state index contributed by atoms with van der Waals surface area (Å²) in [4.78, 5) is 8.25. The molecule has 1 aromatic carbocycles. The Hall–Kier alpha value is -2.94. The molecule has 0 aliphatic rings. The van der Waals surface area contributed by atoms with Gasteiger partial charge in [-0.25, -0.2) is 4.98 Å². The van der Waals surface area contributed by atoms with Crippen molar-refractivity contribution >= 4 is 17.0 Å². The predicted octanol–water partition coefficient (Wildman–Crippen LogP) is 1.47. The Balaban J connectivity index is 2.38. The monoisotopic (exact) mass is 236 g/mol. The number of rotatable bonds is 1. The van der Waals surface area contributed by atoms with Gasteiger partial charge in [0.25, 0.3) is 0 Å². The van der Waals surface area contributed by atoms with Gasteiger partial charge in [-0.2, -0.15) is 15.3 Å². The van der Waals surface area contributed by atoms with Crippen molar-refractivity contribution in [1.82, 2.24) is 20.2 Å². The Morgan fingerprint density at radius 2 is 2.06 bits per heavy atom. The molecule has 0 aliphatic carbocycles. The third kappa shape index (κ3) is 1.46. The average Bonchev–Trinajstić information content (AvgIpc) is 2.85. The molecule has 2 heterocycles. The molecule has 86 valence electrons. The van der Waals surface area contributed by atoms with Crippen molar-refractivity contribution < 1.29 is 0 Å². The smallest absolute Gasteiger partial charge is 0.222 e. The number of aromatic nitrogens is 4. The second-order valence-corrected chi connectivity index (χ2v) is 3.72. The van der Waals surface area contributed by atoms with Crippen LogP contribution in [0.25, 0.3) is 22.3 Å². The molecule has 18 heavy (non-hydrogen) atoms. The van der Waals surface area contributed by atoms with E-state index in [1.165, 1.54) is 0 Å². The summed E-state index contributed by atoms with van der Waals surface area (Å²) in [5.41, 5.74) is 8.10. The second-order valence-electron chi connectivity index (χ2n) is 3.72. The molecule has 3 rings (SSSR count). The summed E-state index contributed by atoms with van der Waals surface area (Å²) < 4.78 is 0. The fourth-order valence-electron chi connectivity index (χ4n) is 1.84. The zero-order chi connectivity index (χ0) is 12.5. The number of nitrogens with zero attached hydrogens (tertiary/aromatic N) is 4. The Kier molecular flexibility index (Phi) is 2.17. The maximum Gasteiger partial charge on any atom is 0.222 e. The number of nitrogens with one attached hydrogen (secondary N) is 1. The number of hydrogen-bond donors (Lipinski definition) is 2. The van der Waals surface area contributed by atoms with Crippen LogP contribution < -0.4 is 5.73 Å². The summed E-state index contributed by atoms with van der Waals surface area (Å²) in [6, 6.07) is 9.35. The van der Waals surface area contributed by atoms with Gasteiger partial charge in [-0.05, 0) is 6.07 Å². The van der Waals surface area contributed by atoms with Crippen LogP contribution in [0.4, 0.5) is 5.95 Å². The highest BCUT2D eigenvalue weighted by Crippen LogP contribution is 2.27. The standard InChI is InChI=1S/C12H8N6/c13-5-7-3-1-2-4-8(7)10-9-6-15-18-11(9)17-12(14)16-10/h1-4,6H,(H3,14,15,16,17,18). The van der Waals surface area contributed by atoms with Crippen molar-refractivity contribution in [2.24, 2.45) is 0 Å². The van der Waals surface area contributed by atoms with E-state index < -0.39 is 0 Å². The SMILES string of the molecule is N#Cc1ccccc1-c1nc(N)nc2[nH]ncc12. The Morgan fingerprint density at radius 3 is 2.89 bits per heavy atom. The summed E-state index contributed by atoms with van der Waals surface area (Å²) in [7, 11) is 0. The number of aromatic amines is 1. The van der Waals surface area contributed by atoms with Crippen molar-refractivity contribution in [3.8, 4) is 17.3 Å². The van der Waals surface area contributed by atoms with Gasteiger partial charge in [0, 0.05) is 5.56 Å². The maximum atomic E-state index is 9.12. The van der Waals surface area contributed by atoms with Crippen LogP contribution in [-0.4, -0.2) is 20.2 Å². The van der Waals surface area contributed by atoms with Gasteiger partial charge in [-0.3, -0.25) is 5.10 Å². The van der Waals surface area contributed by atoms with Gasteiger partial charge < -0.3 is 5.73 Å². The molecule has 0 atom stereocenters. The number of nitrogen functional groups attached to an aromatic ring is 1. The molecule has 3 aromatic rings. The van der Waals surface area contributed by atoms with Crippen molar-refractivity contribution in [3.63, 3.8) is 0 Å². The molecule has 0 saturated carbocycles. The van der Waals surface area contributed by atoms with Crippen molar-refractivity contribution in [3.05, 3.63) is 36.0 Å². The first-order valence-corrected chi connectivity index (χ1v) is 5.25. The van der Waals surface area contributed by atoms with Gasteiger partial charge in [-0.15, -0.1) is 0 Å². The van der Waals surface area contributed by atoms with E-state index in [0.717, 1.165) is 10.9 Å². The summed E-state index contributed by atoms with van der Waals surface area (Å²) >= 11 is 0. The third-order valence-electron chi connectivity index (χ3n) is 2.63. The largest absolute Gasteiger partial charge is 0.368 e. The Bertz CT molecular complexity index is 768. The lowest BCUT2D eigenvalue weighted by Crippen LogP contribution is -1.98. The lowest BCUT2D eigenvalue weighted by molar-refractivity contribution is 1.09. The van der Waals surface area contributed by atoms with Crippen LogP contribution in [0.15, 0.2) is 30.5 Å². The van der Waals surface area contributed by atoms with Crippen LogP contribution in [0, 0.1) is 11.3 Å². The normalized spacial score (nSPS) is 10.4. The first-order valence-electron chi connectivity index (χ1n) is 5.25.